The number of ketones is 1. The summed E-state index contributed by atoms with van der Waals surface area (Å²) in [5.41, 5.74) is -2.51. The van der Waals surface area contributed by atoms with Crippen LogP contribution in [-0.2, 0) is 19.1 Å². The van der Waals surface area contributed by atoms with E-state index in [4.69, 9.17) is 9.47 Å². The van der Waals surface area contributed by atoms with E-state index in [1.807, 2.05) is 6.92 Å². The monoisotopic (exact) mass is 334 g/mol. The lowest BCUT2D eigenvalue weighted by atomic mass is 9.48. The molecular weight excluding hydrogens is 312 g/mol. The van der Waals surface area contributed by atoms with Gasteiger partial charge in [-0.05, 0) is 12.8 Å². The molecular formula is C18H22O6. The number of cyclic esters (lactones) is 1. The van der Waals surface area contributed by atoms with Gasteiger partial charge in [0.1, 0.15) is 17.8 Å². The van der Waals surface area contributed by atoms with Crippen LogP contribution in [0.1, 0.15) is 39.5 Å². The van der Waals surface area contributed by atoms with Gasteiger partial charge >= 0.3 is 5.97 Å². The molecule has 0 aromatic heterocycles. The summed E-state index contributed by atoms with van der Waals surface area (Å²) in [7, 11) is 0. The zero-order chi connectivity index (χ0) is 17.4. The van der Waals surface area contributed by atoms with Crippen LogP contribution in [0.25, 0.3) is 0 Å². The Hall–Kier alpha value is -1.66. The van der Waals surface area contributed by atoms with Crippen molar-refractivity contribution < 1.29 is 29.3 Å². The third-order valence-electron chi connectivity index (χ3n) is 6.78. The molecule has 130 valence electrons. The first-order valence-corrected chi connectivity index (χ1v) is 8.50. The van der Waals surface area contributed by atoms with Crippen LogP contribution in [0.5, 0.6) is 0 Å². The molecule has 0 aromatic rings. The SMILES string of the molecule is C=C1OC(=O)C2=C1OC1C(O)C3(O)CCCCC3C(C)(C2=O)C1C. The molecule has 4 aliphatic rings. The minimum Gasteiger partial charge on any atom is -0.482 e. The molecule has 0 amide bonds. The highest BCUT2D eigenvalue weighted by atomic mass is 16.6. The van der Waals surface area contributed by atoms with Crippen LogP contribution in [0.2, 0.25) is 0 Å². The Morgan fingerprint density at radius 2 is 2.00 bits per heavy atom. The lowest BCUT2D eigenvalue weighted by Crippen LogP contribution is -2.69. The molecule has 0 radical (unpaired) electrons. The number of fused-ring (bicyclic) bond motifs is 4. The van der Waals surface area contributed by atoms with E-state index in [2.05, 4.69) is 6.58 Å². The maximum Gasteiger partial charge on any atom is 0.351 e. The summed E-state index contributed by atoms with van der Waals surface area (Å²) in [6.07, 6.45) is 0.794. The topological polar surface area (TPSA) is 93.1 Å². The predicted molar refractivity (Wildman–Crippen MR) is 82.3 cm³/mol. The normalized spacial score (nSPS) is 47.6. The zero-order valence-corrected chi connectivity index (χ0v) is 13.9. The van der Waals surface area contributed by atoms with Crippen LogP contribution >= 0.6 is 0 Å². The number of carbonyl (C=O) groups excluding carboxylic acids is 2. The molecule has 6 heteroatoms. The molecule has 0 saturated heterocycles. The van der Waals surface area contributed by atoms with Crippen LogP contribution < -0.4 is 0 Å². The summed E-state index contributed by atoms with van der Waals surface area (Å²) < 4.78 is 10.8. The Kier molecular flexibility index (Phi) is 3.10. The molecule has 6 nitrogen and oxygen atoms in total. The van der Waals surface area contributed by atoms with Crippen LogP contribution in [-0.4, -0.2) is 39.8 Å². The van der Waals surface area contributed by atoms with Crippen molar-refractivity contribution in [3.05, 3.63) is 23.7 Å². The molecule has 2 aliphatic carbocycles. The van der Waals surface area contributed by atoms with Gasteiger partial charge in [0.25, 0.3) is 0 Å². The number of aliphatic hydroxyl groups is 2. The summed E-state index contributed by atoms with van der Waals surface area (Å²) in [4.78, 5) is 25.5. The van der Waals surface area contributed by atoms with Crippen molar-refractivity contribution in [3.8, 4) is 0 Å². The number of esters is 1. The Morgan fingerprint density at radius 1 is 1.29 bits per heavy atom. The first-order valence-electron chi connectivity index (χ1n) is 8.50. The summed E-state index contributed by atoms with van der Waals surface area (Å²) >= 11 is 0. The quantitative estimate of drug-likeness (QED) is 0.511. The first-order chi connectivity index (χ1) is 11.2. The summed E-state index contributed by atoms with van der Waals surface area (Å²) in [6.45, 7) is 7.27. The van der Waals surface area contributed by atoms with Gasteiger partial charge in [-0.25, -0.2) is 4.79 Å². The fraction of sp³-hybridized carbons (Fsp3) is 0.667. The maximum atomic E-state index is 13.4. The lowest BCUT2D eigenvalue weighted by molar-refractivity contribution is -0.247. The second-order valence-electron chi connectivity index (χ2n) is 7.73. The maximum absolute atomic E-state index is 13.4. The molecule has 0 spiro atoms. The average molecular weight is 334 g/mol. The highest BCUT2D eigenvalue weighted by Gasteiger charge is 2.68. The van der Waals surface area contributed by atoms with Gasteiger partial charge in [-0.15, -0.1) is 0 Å². The fourth-order valence-electron chi connectivity index (χ4n) is 5.27. The number of hydrogen-bond acceptors (Lipinski definition) is 6. The van der Waals surface area contributed by atoms with Gasteiger partial charge in [0, 0.05) is 17.3 Å². The van der Waals surface area contributed by atoms with E-state index in [9.17, 15) is 19.8 Å². The highest BCUT2D eigenvalue weighted by molar-refractivity contribution is 6.22. The molecule has 2 heterocycles. The van der Waals surface area contributed by atoms with E-state index in [0.29, 0.717) is 12.8 Å². The van der Waals surface area contributed by atoms with Crippen molar-refractivity contribution in [2.24, 2.45) is 17.3 Å². The molecule has 6 unspecified atom stereocenters. The Labute approximate surface area is 140 Å². The first kappa shape index (κ1) is 15.8. The van der Waals surface area contributed by atoms with Crippen LogP contribution in [0, 0.1) is 17.3 Å². The van der Waals surface area contributed by atoms with E-state index in [0.717, 1.165) is 12.8 Å². The van der Waals surface area contributed by atoms with Gasteiger partial charge in [-0.1, -0.05) is 33.3 Å². The Balaban J connectivity index is 1.94. The number of hydrogen-bond donors (Lipinski definition) is 2. The van der Waals surface area contributed by atoms with Crippen molar-refractivity contribution in [1.29, 1.82) is 0 Å². The minimum atomic E-state index is -1.38. The van der Waals surface area contributed by atoms with Gasteiger partial charge in [0.2, 0.25) is 0 Å². The van der Waals surface area contributed by atoms with E-state index in [1.54, 1.807) is 6.92 Å². The molecule has 24 heavy (non-hydrogen) atoms. The number of ether oxygens (including phenoxy) is 2. The van der Waals surface area contributed by atoms with Crippen LogP contribution in [0.4, 0.5) is 0 Å². The van der Waals surface area contributed by atoms with Crippen LogP contribution in [0.3, 0.4) is 0 Å². The molecule has 2 bridgehead atoms. The molecule has 2 aliphatic heterocycles. The van der Waals surface area contributed by atoms with E-state index >= 15 is 0 Å². The van der Waals surface area contributed by atoms with Crippen molar-refractivity contribution in [3.63, 3.8) is 0 Å². The largest absolute Gasteiger partial charge is 0.482 e. The van der Waals surface area contributed by atoms with Crippen molar-refractivity contribution in [2.45, 2.75) is 57.3 Å². The average Bonchev–Trinajstić information content (AvgIpc) is 2.78. The Morgan fingerprint density at radius 3 is 2.71 bits per heavy atom. The molecule has 0 aromatic carbocycles. The summed E-state index contributed by atoms with van der Waals surface area (Å²) in [5.74, 6) is -1.89. The second-order valence-corrected chi connectivity index (χ2v) is 7.73. The highest BCUT2D eigenvalue weighted by Crippen LogP contribution is 2.59. The standard InChI is InChI=1S/C18H22O6/c1-8-12-15(20)18(22)7-5-4-6-10(18)17(8,3)14(19)11-13(24-12)9(2)23-16(11)21/h8,10,12,15,20,22H,2,4-7H2,1,3H3. The van der Waals surface area contributed by atoms with Crippen molar-refractivity contribution in [2.75, 3.05) is 0 Å². The minimum absolute atomic E-state index is 0.00568. The summed E-state index contributed by atoms with van der Waals surface area (Å²) in [5, 5.41) is 22.1. The van der Waals surface area contributed by atoms with Crippen molar-refractivity contribution >= 4 is 11.8 Å². The molecule has 2 fully saturated rings. The lowest BCUT2D eigenvalue weighted by Gasteiger charge is -2.58. The number of carbonyl (C=O) groups is 2. The second kappa shape index (κ2) is 4.70. The van der Waals surface area contributed by atoms with Gasteiger partial charge in [0.05, 0.1) is 5.60 Å². The van der Waals surface area contributed by atoms with Crippen LogP contribution in [0.15, 0.2) is 23.7 Å². The van der Waals surface area contributed by atoms with E-state index < -0.39 is 35.1 Å². The van der Waals surface area contributed by atoms with E-state index in [-0.39, 0.29) is 28.8 Å². The Bertz CT molecular complexity index is 694. The predicted octanol–water partition coefficient (Wildman–Crippen LogP) is 1.22. The van der Waals surface area contributed by atoms with Crippen molar-refractivity contribution in [1.82, 2.24) is 0 Å². The molecule has 2 N–H and O–H groups in total. The number of rotatable bonds is 0. The number of Topliss-reactive ketones (excluding diaryl/α,β-unsaturated/α-hetero) is 1. The zero-order valence-electron chi connectivity index (χ0n) is 13.9. The summed E-state index contributed by atoms with van der Waals surface area (Å²) in [6, 6.07) is 0. The van der Waals surface area contributed by atoms with Gasteiger partial charge < -0.3 is 19.7 Å². The molecule has 4 rings (SSSR count). The van der Waals surface area contributed by atoms with Gasteiger partial charge in [0.15, 0.2) is 17.3 Å². The third-order valence-corrected chi connectivity index (χ3v) is 6.78. The van der Waals surface area contributed by atoms with Gasteiger partial charge in [-0.3, -0.25) is 4.79 Å². The molecule has 6 atom stereocenters. The number of aliphatic hydroxyl groups excluding tert-OH is 1. The van der Waals surface area contributed by atoms with Gasteiger partial charge in [-0.2, -0.15) is 0 Å². The fourth-order valence-corrected chi connectivity index (χ4v) is 5.27. The third kappa shape index (κ3) is 1.63. The smallest absolute Gasteiger partial charge is 0.351 e. The molecule has 2 saturated carbocycles. The van der Waals surface area contributed by atoms with E-state index in [1.165, 1.54) is 0 Å².